The molecule has 0 amide bonds. The van der Waals surface area contributed by atoms with Crippen LogP contribution in [0.3, 0.4) is 0 Å². The fourth-order valence-corrected chi connectivity index (χ4v) is 2.44. The highest BCUT2D eigenvalue weighted by atomic mass is 35.5. The summed E-state index contributed by atoms with van der Waals surface area (Å²) < 4.78 is 5.19. The molecular formula is C16H11Cl2N4O2-. The molecule has 3 rings (SSSR count). The number of aromatic nitrogens is 3. The Morgan fingerprint density at radius 3 is 2.58 bits per heavy atom. The molecule has 0 N–H and O–H groups in total. The quantitative estimate of drug-likeness (QED) is 0.503. The molecular weight excluding hydrogens is 351 g/mol. The zero-order valence-electron chi connectivity index (χ0n) is 12.5. The fourth-order valence-electron chi connectivity index (χ4n) is 2.10. The van der Waals surface area contributed by atoms with Gasteiger partial charge in [-0.05, 0) is 36.4 Å². The Hall–Kier alpha value is -2.41. The molecule has 8 heteroatoms. The third-order valence-electron chi connectivity index (χ3n) is 3.21. The highest BCUT2D eigenvalue weighted by Gasteiger charge is 2.11. The molecule has 2 aromatic heterocycles. The number of pyridine rings is 1. The normalized spacial score (nSPS) is 10.5. The molecule has 1 aromatic carbocycles. The lowest BCUT2D eigenvalue weighted by Gasteiger charge is -2.29. The van der Waals surface area contributed by atoms with Crippen LogP contribution in [0.15, 0.2) is 48.8 Å². The van der Waals surface area contributed by atoms with Crippen LogP contribution >= 0.6 is 23.2 Å². The minimum Gasteiger partial charge on any atom is -0.751 e. The smallest absolute Gasteiger partial charge is 0.219 e. The molecule has 0 saturated heterocycles. The third-order valence-corrected chi connectivity index (χ3v) is 3.65. The van der Waals surface area contributed by atoms with Crippen molar-refractivity contribution < 1.29 is 4.74 Å². The first-order valence-electron chi connectivity index (χ1n) is 6.84. The molecule has 0 aliphatic carbocycles. The summed E-state index contributed by atoms with van der Waals surface area (Å²) in [5.74, 6) is 0.330. The van der Waals surface area contributed by atoms with Gasteiger partial charge in [-0.2, -0.15) is 0 Å². The summed E-state index contributed by atoms with van der Waals surface area (Å²) in [5, 5.41) is 14.0. The van der Waals surface area contributed by atoms with Crippen LogP contribution in [0.2, 0.25) is 10.2 Å². The van der Waals surface area contributed by atoms with E-state index < -0.39 is 0 Å². The van der Waals surface area contributed by atoms with Crippen molar-refractivity contribution in [3.05, 3.63) is 64.2 Å². The van der Waals surface area contributed by atoms with Gasteiger partial charge >= 0.3 is 0 Å². The summed E-state index contributed by atoms with van der Waals surface area (Å²) >= 11 is 11.9. The van der Waals surface area contributed by atoms with Crippen LogP contribution in [0.5, 0.6) is 5.75 Å². The molecule has 0 aliphatic heterocycles. The predicted octanol–water partition coefficient (Wildman–Crippen LogP) is 4.49. The molecule has 3 aromatic rings. The SMILES string of the molecule is COc1ccc(Cl)cc1N([O-])c1nccc(-c2ccnc(Cl)c2)n1. The van der Waals surface area contributed by atoms with Gasteiger partial charge in [-0.3, -0.25) is 0 Å². The van der Waals surface area contributed by atoms with Gasteiger partial charge in [-0.25, -0.2) is 15.0 Å². The van der Waals surface area contributed by atoms with E-state index in [1.54, 1.807) is 36.5 Å². The first-order chi connectivity index (χ1) is 11.6. The van der Waals surface area contributed by atoms with Crippen molar-refractivity contribution >= 4 is 34.8 Å². The average molecular weight is 362 g/mol. The number of rotatable bonds is 4. The summed E-state index contributed by atoms with van der Waals surface area (Å²) in [5.41, 5.74) is 1.49. The Morgan fingerprint density at radius 2 is 1.83 bits per heavy atom. The molecule has 0 fully saturated rings. The number of anilines is 2. The number of nitrogens with zero attached hydrogens (tertiary/aromatic N) is 4. The van der Waals surface area contributed by atoms with Gasteiger partial charge in [0.15, 0.2) is 0 Å². The molecule has 0 atom stereocenters. The molecule has 0 bridgehead atoms. The van der Waals surface area contributed by atoms with Gasteiger partial charge < -0.3 is 15.0 Å². The predicted molar refractivity (Wildman–Crippen MR) is 93.8 cm³/mol. The second-order valence-electron chi connectivity index (χ2n) is 4.72. The Labute approximate surface area is 148 Å². The second kappa shape index (κ2) is 7.00. The standard InChI is InChI=1S/C16H11Cl2N4O2/c1-24-14-3-2-11(17)9-13(14)22(23)16-20-7-5-12(21-16)10-4-6-19-15(18)8-10/h2-9H,1H3/q-1. The van der Waals surface area contributed by atoms with Crippen molar-refractivity contribution in [2.24, 2.45) is 0 Å². The van der Waals surface area contributed by atoms with Crippen molar-refractivity contribution in [1.29, 1.82) is 0 Å². The molecule has 24 heavy (non-hydrogen) atoms. The number of benzene rings is 1. The number of hydrogen-bond donors (Lipinski definition) is 0. The monoisotopic (exact) mass is 361 g/mol. The van der Waals surface area contributed by atoms with Gasteiger partial charge in [-0.15, -0.1) is 0 Å². The van der Waals surface area contributed by atoms with Gasteiger partial charge in [0.2, 0.25) is 5.95 Å². The topological polar surface area (TPSA) is 74.2 Å². The summed E-state index contributed by atoms with van der Waals surface area (Å²) in [7, 11) is 1.47. The zero-order valence-corrected chi connectivity index (χ0v) is 14.0. The minimum atomic E-state index is -0.0407. The summed E-state index contributed by atoms with van der Waals surface area (Å²) in [6, 6.07) is 9.81. The maximum Gasteiger partial charge on any atom is 0.219 e. The maximum absolute atomic E-state index is 12.6. The van der Waals surface area contributed by atoms with Crippen molar-refractivity contribution in [1.82, 2.24) is 15.0 Å². The minimum absolute atomic E-state index is 0.0407. The van der Waals surface area contributed by atoms with E-state index in [0.717, 1.165) is 5.56 Å². The van der Waals surface area contributed by atoms with Crippen LogP contribution in [0, 0.1) is 5.21 Å². The van der Waals surface area contributed by atoms with E-state index in [4.69, 9.17) is 27.9 Å². The Kier molecular flexibility index (Phi) is 4.80. The van der Waals surface area contributed by atoms with E-state index in [-0.39, 0.29) is 11.6 Å². The van der Waals surface area contributed by atoms with E-state index in [1.807, 2.05) is 0 Å². The Balaban J connectivity index is 2.01. The Bertz CT molecular complexity index is 876. The lowest BCUT2D eigenvalue weighted by molar-refractivity contribution is 0.416. The third kappa shape index (κ3) is 3.41. The highest BCUT2D eigenvalue weighted by molar-refractivity contribution is 6.31. The lowest BCUT2D eigenvalue weighted by Crippen LogP contribution is -2.12. The zero-order chi connectivity index (χ0) is 17.1. The largest absolute Gasteiger partial charge is 0.751 e. The van der Waals surface area contributed by atoms with Gasteiger partial charge in [0.05, 0.1) is 18.5 Å². The molecule has 0 aliphatic rings. The van der Waals surface area contributed by atoms with Crippen LogP contribution in [0.1, 0.15) is 0 Å². The van der Waals surface area contributed by atoms with Crippen molar-refractivity contribution in [2.75, 3.05) is 12.2 Å². The van der Waals surface area contributed by atoms with Crippen LogP contribution in [0.25, 0.3) is 11.3 Å². The van der Waals surface area contributed by atoms with Gasteiger partial charge in [0.25, 0.3) is 0 Å². The summed E-state index contributed by atoms with van der Waals surface area (Å²) in [4.78, 5) is 12.2. The fraction of sp³-hybridized carbons (Fsp3) is 0.0625. The van der Waals surface area contributed by atoms with Crippen LogP contribution in [-0.4, -0.2) is 22.1 Å². The van der Waals surface area contributed by atoms with Gasteiger partial charge in [-0.1, -0.05) is 23.2 Å². The summed E-state index contributed by atoms with van der Waals surface area (Å²) in [6.45, 7) is 0. The second-order valence-corrected chi connectivity index (χ2v) is 5.54. The van der Waals surface area contributed by atoms with Crippen LogP contribution < -0.4 is 9.80 Å². The van der Waals surface area contributed by atoms with Crippen molar-refractivity contribution in [3.63, 3.8) is 0 Å². The number of halogens is 2. The first-order valence-corrected chi connectivity index (χ1v) is 7.60. The molecule has 2 heterocycles. The van der Waals surface area contributed by atoms with E-state index in [0.29, 0.717) is 26.7 Å². The van der Waals surface area contributed by atoms with E-state index in [1.165, 1.54) is 19.4 Å². The Morgan fingerprint density at radius 1 is 1.04 bits per heavy atom. The number of hydrogen-bond acceptors (Lipinski definition) is 6. The van der Waals surface area contributed by atoms with E-state index >= 15 is 0 Å². The van der Waals surface area contributed by atoms with Gasteiger partial charge in [0, 0.05) is 23.0 Å². The van der Waals surface area contributed by atoms with Gasteiger partial charge in [0.1, 0.15) is 10.9 Å². The van der Waals surface area contributed by atoms with Crippen LogP contribution in [0.4, 0.5) is 11.6 Å². The van der Waals surface area contributed by atoms with E-state index in [2.05, 4.69) is 15.0 Å². The molecule has 0 radical (unpaired) electrons. The lowest BCUT2D eigenvalue weighted by atomic mass is 10.2. The average Bonchev–Trinajstić information content (AvgIpc) is 2.61. The summed E-state index contributed by atoms with van der Waals surface area (Å²) in [6.07, 6.45) is 3.06. The van der Waals surface area contributed by atoms with E-state index in [9.17, 15) is 5.21 Å². The maximum atomic E-state index is 12.6. The van der Waals surface area contributed by atoms with Crippen molar-refractivity contribution in [3.8, 4) is 17.0 Å². The highest BCUT2D eigenvalue weighted by Crippen LogP contribution is 2.34. The molecule has 122 valence electrons. The molecule has 0 saturated carbocycles. The molecule has 0 unspecified atom stereocenters. The number of ether oxygens (including phenoxy) is 1. The number of methoxy groups -OCH3 is 1. The van der Waals surface area contributed by atoms with Crippen molar-refractivity contribution in [2.45, 2.75) is 0 Å². The van der Waals surface area contributed by atoms with Crippen LogP contribution in [-0.2, 0) is 0 Å². The first kappa shape index (κ1) is 16.4. The molecule has 6 nitrogen and oxygen atoms in total. The molecule has 0 spiro atoms.